The van der Waals surface area contributed by atoms with Crippen LogP contribution < -0.4 is 5.73 Å². The van der Waals surface area contributed by atoms with Gasteiger partial charge >= 0.3 is 0 Å². The molecule has 0 spiro atoms. The van der Waals surface area contributed by atoms with Crippen molar-refractivity contribution < 1.29 is 12.8 Å². The van der Waals surface area contributed by atoms with Crippen LogP contribution in [0.15, 0.2) is 27.6 Å². The molecule has 1 aromatic carbocycles. The van der Waals surface area contributed by atoms with Gasteiger partial charge in [-0.3, -0.25) is 0 Å². The number of rotatable bonds is 3. The van der Waals surface area contributed by atoms with E-state index in [9.17, 15) is 12.8 Å². The summed E-state index contributed by atoms with van der Waals surface area (Å²) < 4.78 is 39.8. The fraction of sp³-hybridized carbons (Fsp3) is 0.500. The van der Waals surface area contributed by atoms with Gasteiger partial charge in [-0.2, -0.15) is 4.31 Å². The Morgan fingerprint density at radius 1 is 1.53 bits per heavy atom. The van der Waals surface area contributed by atoms with Crippen LogP contribution in [-0.4, -0.2) is 31.9 Å². The number of hydrogen-bond donors (Lipinski definition) is 1. The Balaban J connectivity index is 2.26. The highest BCUT2D eigenvalue weighted by Gasteiger charge is 2.34. The van der Waals surface area contributed by atoms with Crippen LogP contribution in [0.3, 0.4) is 0 Å². The molecule has 106 valence electrons. The van der Waals surface area contributed by atoms with Gasteiger partial charge in [0.25, 0.3) is 0 Å². The standard InChI is InChI=1S/C12H16BrFN2O2S/c1-8(15)9-4-5-16(7-9)19(17,18)10-2-3-11(13)12(14)6-10/h2-3,6,8-9H,4-5,7,15H2,1H3. The highest BCUT2D eigenvalue weighted by Crippen LogP contribution is 2.27. The van der Waals surface area contributed by atoms with Gasteiger partial charge < -0.3 is 5.73 Å². The van der Waals surface area contributed by atoms with E-state index < -0.39 is 15.8 Å². The second kappa shape index (κ2) is 5.47. The Hall–Kier alpha value is -0.500. The van der Waals surface area contributed by atoms with Crippen molar-refractivity contribution in [1.29, 1.82) is 0 Å². The highest BCUT2D eigenvalue weighted by atomic mass is 79.9. The fourth-order valence-electron chi connectivity index (χ4n) is 2.19. The summed E-state index contributed by atoms with van der Waals surface area (Å²) in [5.41, 5.74) is 5.80. The quantitative estimate of drug-likeness (QED) is 0.905. The third-order valence-corrected chi connectivity index (χ3v) is 5.96. The lowest BCUT2D eigenvalue weighted by molar-refractivity contribution is 0.428. The number of sulfonamides is 1. The molecule has 1 aliphatic rings. The molecule has 1 saturated heterocycles. The third kappa shape index (κ3) is 2.99. The molecule has 19 heavy (non-hydrogen) atoms. The van der Waals surface area contributed by atoms with E-state index in [-0.39, 0.29) is 21.3 Å². The summed E-state index contributed by atoms with van der Waals surface area (Å²) in [7, 11) is -3.63. The molecule has 7 heteroatoms. The normalized spacial score (nSPS) is 22.6. The summed E-state index contributed by atoms with van der Waals surface area (Å²) in [6, 6.07) is 3.81. The van der Waals surface area contributed by atoms with Crippen molar-refractivity contribution in [3.05, 3.63) is 28.5 Å². The Labute approximate surface area is 121 Å². The van der Waals surface area contributed by atoms with E-state index in [1.165, 1.54) is 16.4 Å². The zero-order valence-electron chi connectivity index (χ0n) is 10.5. The molecular formula is C12H16BrFN2O2S. The maximum Gasteiger partial charge on any atom is 0.243 e. The summed E-state index contributed by atoms with van der Waals surface area (Å²) >= 11 is 3.01. The van der Waals surface area contributed by atoms with Crippen LogP contribution in [0, 0.1) is 11.7 Å². The van der Waals surface area contributed by atoms with Crippen molar-refractivity contribution in [1.82, 2.24) is 4.31 Å². The first-order valence-electron chi connectivity index (χ1n) is 6.03. The SMILES string of the molecule is CC(N)C1CCN(S(=O)(=O)c2ccc(Br)c(F)c2)C1. The largest absolute Gasteiger partial charge is 0.328 e. The first kappa shape index (κ1) is 14.9. The van der Waals surface area contributed by atoms with E-state index in [4.69, 9.17) is 5.73 Å². The number of halogens is 2. The maximum absolute atomic E-state index is 13.5. The van der Waals surface area contributed by atoms with Gasteiger partial charge in [-0.25, -0.2) is 12.8 Å². The predicted octanol–water partition coefficient (Wildman–Crippen LogP) is 1.95. The molecule has 2 unspecified atom stereocenters. The Morgan fingerprint density at radius 2 is 2.21 bits per heavy atom. The monoisotopic (exact) mass is 350 g/mol. The average molecular weight is 351 g/mol. The topological polar surface area (TPSA) is 63.4 Å². The van der Waals surface area contributed by atoms with Gasteiger partial charge in [0.05, 0.1) is 9.37 Å². The van der Waals surface area contributed by atoms with Crippen LogP contribution in [0.25, 0.3) is 0 Å². The molecule has 4 nitrogen and oxygen atoms in total. The average Bonchev–Trinajstić information content (AvgIpc) is 2.82. The molecule has 1 aromatic rings. The molecule has 2 rings (SSSR count). The second-order valence-electron chi connectivity index (χ2n) is 4.85. The van der Waals surface area contributed by atoms with Gasteiger partial charge in [-0.15, -0.1) is 0 Å². The Bertz CT molecular complexity index is 577. The predicted molar refractivity (Wildman–Crippen MR) is 74.6 cm³/mol. The second-order valence-corrected chi connectivity index (χ2v) is 7.64. The van der Waals surface area contributed by atoms with Crippen molar-refractivity contribution in [2.75, 3.05) is 13.1 Å². The van der Waals surface area contributed by atoms with Crippen LogP contribution in [0.4, 0.5) is 4.39 Å². The summed E-state index contributed by atoms with van der Waals surface area (Å²) in [6.45, 7) is 2.71. The van der Waals surface area contributed by atoms with Crippen molar-refractivity contribution in [2.45, 2.75) is 24.3 Å². The summed E-state index contributed by atoms with van der Waals surface area (Å²) in [5, 5.41) is 0. The molecule has 0 bridgehead atoms. The fourth-order valence-corrected chi connectivity index (χ4v) is 3.96. The molecule has 0 amide bonds. The molecule has 2 N–H and O–H groups in total. The van der Waals surface area contributed by atoms with Gasteiger partial charge in [0, 0.05) is 19.1 Å². The lowest BCUT2D eigenvalue weighted by atomic mass is 10.0. The van der Waals surface area contributed by atoms with E-state index in [1.807, 2.05) is 6.92 Å². The zero-order chi connectivity index (χ0) is 14.2. The minimum atomic E-state index is -3.63. The van der Waals surface area contributed by atoms with Crippen LogP contribution in [0.2, 0.25) is 0 Å². The van der Waals surface area contributed by atoms with Gasteiger partial charge in [0.2, 0.25) is 10.0 Å². The van der Waals surface area contributed by atoms with Gasteiger partial charge in [-0.05, 0) is 53.4 Å². The Kier molecular flexibility index (Phi) is 4.29. The van der Waals surface area contributed by atoms with E-state index >= 15 is 0 Å². The van der Waals surface area contributed by atoms with E-state index in [1.54, 1.807) is 0 Å². The first-order valence-corrected chi connectivity index (χ1v) is 8.26. The van der Waals surface area contributed by atoms with E-state index in [2.05, 4.69) is 15.9 Å². The molecule has 0 aliphatic carbocycles. The Morgan fingerprint density at radius 3 is 2.74 bits per heavy atom. The number of nitrogens with zero attached hydrogens (tertiary/aromatic N) is 1. The van der Waals surface area contributed by atoms with E-state index in [0.717, 1.165) is 12.5 Å². The van der Waals surface area contributed by atoms with Gasteiger partial charge in [0.1, 0.15) is 5.82 Å². The van der Waals surface area contributed by atoms with Crippen LogP contribution in [0.1, 0.15) is 13.3 Å². The molecule has 2 atom stereocenters. The minimum Gasteiger partial charge on any atom is -0.328 e. The number of benzene rings is 1. The molecule has 1 fully saturated rings. The van der Waals surface area contributed by atoms with Crippen molar-refractivity contribution >= 4 is 26.0 Å². The van der Waals surface area contributed by atoms with E-state index in [0.29, 0.717) is 13.1 Å². The molecule has 1 heterocycles. The molecule has 1 aliphatic heterocycles. The van der Waals surface area contributed by atoms with Crippen molar-refractivity contribution in [3.63, 3.8) is 0 Å². The molecular weight excluding hydrogens is 335 g/mol. The lowest BCUT2D eigenvalue weighted by Gasteiger charge is -2.18. The zero-order valence-corrected chi connectivity index (χ0v) is 12.9. The minimum absolute atomic E-state index is 0.0153. The smallest absolute Gasteiger partial charge is 0.243 e. The number of nitrogens with two attached hydrogens (primary N) is 1. The van der Waals surface area contributed by atoms with Crippen LogP contribution in [0.5, 0.6) is 0 Å². The summed E-state index contributed by atoms with van der Waals surface area (Å²) in [6.07, 6.45) is 0.746. The van der Waals surface area contributed by atoms with Crippen LogP contribution >= 0.6 is 15.9 Å². The first-order chi connectivity index (χ1) is 8.82. The number of hydrogen-bond acceptors (Lipinski definition) is 3. The summed E-state index contributed by atoms with van der Waals surface area (Å²) in [5.74, 6) is -0.418. The molecule has 0 radical (unpaired) electrons. The highest BCUT2D eigenvalue weighted by molar-refractivity contribution is 9.10. The molecule has 0 aromatic heterocycles. The van der Waals surface area contributed by atoms with Crippen molar-refractivity contribution in [2.24, 2.45) is 11.7 Å². The maximum atomic E-state index is 13.5. The lowest BCUT2D eigenvalue weighted by Crippen LogP contribution is -2.33. The van der Waals surface area contributed by atoms with Gasteiger partial charge in [0.15, 0.2) is 0 Å². The summed E-state index contributed by atoms with van der Waals surface area (Å²) in [4.78, 5) is -0.0153. The molecule has 0 saturated carbocycles. The van der Waals surface area contributed by atoms with Crippen LogP contribution in [-0.2, 0) is 10.0 Å². The third-order valence-electron chi connectivity index (χ3n) is 3.46. The van der Waals surface area contributed by atoms with Gasteiger partial charge in [-0.1, -0.05) is 0 Å². The van der Waals surface area contributed by atoms with Crippen molar-refractivity contribution in [3.8, 4) is 0 Å².